The summed E-state index contributed by atoms with van der Waals surface area (Å²) < 4.78 is 15.8. The van der Waals surface area contributed by atoms with Crippen molar-refractivity contribution in [3.63, 3.8) is 0 Å². The third-order valence-corrected chi connectivity index (χ3v) is 4.23. The molecule has 8 nitrogen and oxygen atoms in total. The molecular weight excluding hydrogens is 368 g/mol. The molecule has 1 aromatic carbocycles. The lowest BCUT2D eigenvalue weighted by Crippen LogP contribution is -2.19. The summed E-state index contributed by atoms with van der Waals surface area (Å²) in [5, 5.41) is 4.53. The van der Waals surface area contributed by atoms with Crippen LogP contribution in [-0.4, -0.2) is 49.2 Å². The van der Waals surface area contributed by atoms with E-state index in [0.717, 1.165) is 11.4 Å². The Bertz CT molecular complexity index is 797. The number of carbonyl (C=O) groups is 1. The van der Waals surface area contributed by atoms with Gasteiger partial charge in [-0.1, -0.05) is 11.8 Å². The quantitative estimate of drug-likeness (QED) is 0.320. The fourth-order valence-corrected chi connectivity index (χ4v) is 3.02. The van der Waals surface area contributed by atoms with Crippen LogP contribution in [0.1, 0.15) is 17.0 Å². The fraction of sp³-hybridized carbons (Fsp3) is 0.333. The van der Waals surface area contributed by atoms with Gasteiger partial charge in [-0.05, 0) is 32.0 Å². The molecule has 2 rings (SSSR count). The van der Waals surface area contributed by atoms with E-state index in [-0.39, 0.29) is 11.7 Å². The molecule has 0 bridgehead atoms. The van der Waals surface area contributed by atoms with E-state index in [9.17, 15) is 4.79 Å². The SMILES string of the molecule is COc1cc(/C=N\NC(=O)CSc2nc(C)cc(C)n2)cc(OC)c1OC. The van der Waals surface area contributed by atoms with Crippen LogP contribution in [0, 0.1) is 13.8 Å². The van der Waals surface area contributed by atoms with Crippen LogP contribution in [0.15, 0.2) is 28.5 Å². The highest BCUT2D eigenvalue weighted by atomic mass is 32.2. The Hall–Kier alpha value is -2.81. The van der Waals surface area contributed by atoms with E-state index in [1.807, 2.05) is 19.9 Å². The fourth-order valence-electron chi connectivity index (χ4n) is 2.28. The lowest BCUT2D eigenvalue weighted by atomic mass is 10.2. The molecule has 0 unspecified atom stereocenters. The number of methoxy groups -OCH3 is 3. The second-order valence-electron chi connectivity index (χ2n) is 5.47. The highest BCUT2D eigenvalue weighted by Gasteiger charge is 2.12. The first kappa shape index (κ1) is 20.5. The minimum absolute atomic E-state index is 0.162. The smallest absolute Gasteiger partial charge is 0.250 e. The maximum absolute atomic E-state index is 12.0. The Balaban J connectivity index is 1.97. The van der Waals surface area contributed by atoms with E-state index in [1.165, 1.54) is 39.3 Å². The number of ether oxygens (including phenoxy) is 3. The van der Waals surface area contributed by atoms with Gasteiger partial charge in [0.2, 0.25) is 5.75 Å². The summed E-state index contributed by atoms with van der Waals surface area (Å²) in [5.74, 6) is 1.41. The molecule has 2 aromatic rings. The van der Waals surface area contributed by atoms with Crippen molar-refractivity contribution in [2.45, 2.75) is 19.0 Å². The lowest BCUT2D eigenvalue weighted by Gasteiger charge is -2.12. The van der Waals surface area contributed by atoms with Gasteiger partial charge >= 0.3 is 0 Å². The van der Waals surface area contributed by atoms with Crippen LogP contribution in [0.3, 0.4) is 0 Å². The molecule has 0 spiro atoms. The Morgan fingerprint density at radius 3 is 2.19 bits per heavy atom. The molecule has 1 heterocycles. The molecule has 0 aliphatic carbocycles. The van der Waals surface area contributed by atoms with Crippen LogP contribution in [0.5, 0.6) is 17.2 Å². The number of hydrogen-bond acceptors (Lipinski definition) is 8. The predicted molar refractivity (Wildman–Crippen MR) is 104 cm³/mol. The van der Waals surface area contributed by atoms with Crippen molar-refractivity contribution < 1.29 is 19.0 Å². The van der Waals surface area contributed by atoms with Gasteiger partial charge in [-0.3, -0.25) is 4.79 Å². The molecule has 27 heavy (non-hydrogen) atoms. The van der Waals surface area contributed by atoms with Crippen molar-refractivity contribution in [1.29, 1.82) is 0 Å². The van der Waals surface area contributed by atoms with Crippen molar-refractivity contribution in [3.05, 3.63) is 35.2 Å². The molecule has 1 aromatic heterocycles. The molecule has 0 aliphatic heterocycles. The topological polar surface area (TPSA) is 94.9 Å². The zero-order valence-corrected chi connectivity index (χ0v) is 16.7. The summed E-state index contributed by atoms with van der Waals surface area (Å²) in [5.41, 5.74) is 4.90. The van der Waals surface area contributed by atoms with Gasteiger partial charge in [0.25, 0.3) is 5.91 Å². The van der Waals surface area contributed by atoms with E-state index in [0.29, 0.717) is 28.0 Å². The van der Waals surface area contributed by atoms with Crippen LogP contribution >= 0.6 is 11.8 Å². The van der Waals surface area contributed by atoms with Gasteiger partial charge < -0.3 is 14.2 Å². The lowest BCUT2D eigenvalue weighted by molar-refractivity contribution is -0.118. The molecule has 0 aliphatic rings. The van der Waals surface area contributed by atoms with Crippen molar-refractivity contribution in [2.24, 2.45) is 5.10 Å². The summed E-state index contributed by atoms with van der Waals surface area (Å²) in [6, 6.07) is 5.34. The number of rotatable bonds is 8. The number of hydrazone groups is 1. The Morgan fingerprint density at radius 2 is 1.67 bits per heavy atom. The summed E-state index contributed by atoms with van der Waals surface area (Å²) in [4.78, 5) is 20.5. The second kappa shape index (κ2) is 9.77. The van der Waals surface area contributed by atoms with E-state index in [2.05, 4.69) is 20.5 Å². The van der Waals surface area contributed by atoms with Gasteiger partial charge in [-0.15, -0.1) is 0 Å². The molecule has 1 amide bonds. The number of aromatic nitrogens is 2. The van der Waals surface area contributed by atoms with Gasteiger partial charge in [-0.2, -0.15) is 5.10 Å². The maximum Gasteiger partial charge on any atom is 0.250 e. The third kappa shape index (κ3) is 5.85. The summed E-state index contributed by atoms with van der Waals surface area (Å²) in [6.07, 6.45) is 1.50. The highest BCUT2D eigenvalue weighted by Crippen LogP contribution is 2.37. The first-order chi connectivity index (χ1) is 13.0. The Labute approximate surface area is 162 Å². The molecule has 0 atom stereocenters. The number of amides is 1. The average molecular weight is 390 g/mol. The minimum atomic E-state index is -0.258. The van der Waals surface area contributed by atoms with Gasteiger partial charge in [0, 0.05) is 17.0 Å². The predicted octanol–water partition coefficient (Wildman–Crippen LogP) is 2.36. The first-order valence-corrected chi connectivity index (χ1v) is 9.02. The third-order valence-electron chi connectivity index (χ3n) is 3.38. The molecule has 0 saturated heterocycles. The second-order valence-corrected chi connectivity index (χ2v) is 6.42. The monoisotopic (exact) mass is 390 g/mol. The van der Waals surface area contributed by atoms with Crippen LogP contribution < -0.4 is 19.6 Å². The van der Waals surface area contributed by atoms with Crippen molar-refractivity contribution in [3.8, 4) is 17.2 Å². The largest absolute Gasteiger partial charge is 0.493 e. The number of nitrogens with zero attached hydrogens (tertiary/aromatic N) is 3. The summed E-state index contributed by atoms with van der Waals surface area (Å²) in [6.45, 7) is 3.78. The Kier molecular flexibility index (Phi) is 7.42. The molecule has 0 fully saturated rings. The van der Waals surface area contributed by atoms with Crippen molar-refractivity contribution in [2.75, 3.05) is 27.1 Å². The molecular formula is C18H22N4O4S. The van der Waals surface area contributed by atoms with Gasteiger partial charge in [0.15, 0.2) is 16.7 Å². The summed E-state index contributed by atoms with van der Waals surface area (Å²) >= 11 is 1.26. The average Bonchev–Trinajstić information content (AvgIpc) is 2.64. The van der Waals surface area contributed by atoms with Crippen LogP contribution in [-0.2, 0) is 4.79 Å². The normalized spacial score (nSPS) is 10.7. The zero-order valence-electron chi connectivity index (χ0n) is 15.9. The number of carbonyl (C=O) groups excluding carboxylic acids is 1. The van der Waals surface area contributed by atoms with E-state index in [1.54, 1.807) is 12.1 Å². The van der Waals surface area contributed by atoms with Gasteiger partial charge in [0.05, 0.1) is 33.3 Å². The maximum atomic E-state index is 12.0. The van der Waals surface area contributed by atoms with Gasteiger partial charge in [-0.25, -0.2) is 15.4 Å². The van der Waals surface area contributed by atoms with Gasteiger partial charge in [0.1, 0.15) is 0 Å². The van der Waals surface area contributed by atoms with E-state index >= 15 is 0 Å². The standard InChI is InChI=1S/C18H22N4O4S/c1-11-6-12(2)21-18(20-11)27-10-16(23)22-19-9-13-7-14(24-3)17(26-5)15(8-13)25-4/h6-9H,10H2,1-5H3,(H,22,23)/b19-9-. The van der Waals surface area contributed by atoms with Crippen LogP contribution in [0.2, 0.25) is 0 Å². The zero-order chi connectivity index (χ0) is 19.8. The number of aryl methyl sites for hydroxylation is 2. The van der Waals surface area contributed by atoms with Crippen molar-refractivity contribution in [1.82, 2.24) is 15.4 Å². The number of benzene rings is 1. The van der Waals surface area contributed by atoms with Crippen molar-refractivity contribution >= 4 is 23.9 Å². The first-order valence-electron chi connectivity index (χ1n) is 8.03. The molecule has 144 valence electrons. The minimum Gasteiger partial charge on any atom is -0.493 e. The number of hydrogen-bond donors (Lipinski definition) is 1. The van der Waals surface area contributed by atoms with E-state index in [4.69, 9.17) is 14.2 Å². The Morgan fingerprint density at radius 1 is 1.07 bits per heavy atom. The van der Waals surface area contributed by atoms with Crippen LogP contribution in [0.25, 0.3) is 0 Å². The molecule has 9 heteroatoms. The summed E-state index contributed by atoms with van der Waals surface area (Å²) in [7, 11) is 4.60. The highest BCUT2D eigenvalue weighted by molar-refractivity contribution is 7.99. The van der Waals surface area contributed by atoms with E-state index < -0.39 is 0 Å². The van der Waals surface area contributed by atoms with Crippen LogP contribution in [0.4, 0.5) is 0 Å². The molecule has 0 radical (unpaired) electrons. The number of nitrogens with one attached hydrogen (secondary N) is 1. The number of thioether (sulfide) groups is 1. The molecule has 0 saturated carbocycles. The molecule has 1 N–H and O–H groups in total.